The Labute approximate surface area is 189 Å². The second-order valence-corrected chi connectivity index (χ2v) is 8.17. The Balaban J connectivity index is 2.07. The molecule has 30 heavy (non-hydrogen) atoms. The lowest BCUT2D eigenvalue weighted by molar-refractivity contribution is -0.0823. The maximum atomic E-state index is 15.2. The van der Waals surface area contributed by atoms with Crippen molar-refractivity contribution in [2.45, 2.75) is 44.4 Å². The lowest BCUT2D eigenvalue weighted by Crippen LogP contribution is -2.55. The minimum atomic E-state index is -3.49. The van der Waals surface area contributed by atoms with Crippen LogP contribution < -0.4 is 10.6 Å². The smallest absolute Gasteiger partial charge is 0.407 e. The highest BCUT2D eigenvalue weighted by atomic mass is 127. The van der Waals surface area contributed by atoms with Gasteiger partial charge >= 0.3 is 6.09 Å². The van der Waals surface area contributed by atoms with E-state index in [1.54, 1.807) is 6.07 Å². The Morgan fingerprint density at radius 2 is 1.93 bits per heavy atom. The van der Waals surface area contributed by atoms with E-state index >= 15 is 8.78 Å². The fourth-order valence-corrected chi connectivity index (χ4v) is 3.48. The van der Waals surface area contributed by atoms with Gasteiger partial charge in [-0.1, -0.05) is 55.8 Å². The summed E-state index contributed by atoms with van der Waals surface area (Å²) in [5, 5.41) is 15.7. The van der Waals surface area contributed by atoms with Crippen LogP contribution in [0.4, 0.5) is 13.6 Å². The van der Waals surface area contributed by atoms with Crippen molar-refractivity contribution in [3.63, 3.8) is 0 Å². The number of hydrogen-bond donors (Lipinski definition) is 3. The van der Waals surface area contributed by atoms with Gasteiger partial charge in [0.1, 0.15) is 6.04 Å². The van der Waals surface area contributed by atoms with Crippen molar-refractivity contribution >= 4 is 28.7 Å². The SMILES string of the molecule is CCCCOC(=O)N[C@H]([C@H](O)CNCc1cccc(I)c1)C(F)(F)c1ccccc1. The summed E-state index contributed by atoms with van der Waals surface area (Å²) in [6.07, 6.45) is -1.07. The molecule has 0 aliphatic carbocycles. The average Bonchev–Trinajstić information content (AvgIpc) is 2.72. The molecule has 0 saturated carbocycles. The first-order valence-electron chi connectivity index (χ1n) is 9.84. The van der Waals surface area contributed by atoms with Gasteiger partial charge in [-0.2, -0.15) is 8.78 Å². The molecule has 2 atom stereocenters. The van der Waals surface area contributed by atoms with Crippen LogP contribution in [0.2, 0.25) is 0 Å². The molecule has 0 aliphatic heterocycles. The van der Waals surface area contributed by atoms with Crippen molar-refractivity contribution in [3.8, 4) is 0 Å². The van der Waals surface area contributed by atoms with Crippen molar-refractivity contribution < 1.29 is 23.4 Å². The molecule has 0 fully saturated rings. The largest absolute Gasteiger partial charge is 0.450 e. The summed E-state index contributed by atoms with van der Waals surface area (Å²) in [7, 11) is 0. The highest BCUT2D eigenvalue weighted by Gasteiger charge is 2.46. The first kappa shape index (κ1) is 24.5. The lowest BCUT2D eigenvalue weighted by atomic mass is 9.96. The molecular weight excluding hydrogens is 505 g/mol. The molecule has 1 amide bonds. The van der Waals surface area contributed by atoms with E-state index in [0.29, 0.717) is 13.0 Å². The minimum absolute atomic E-state index is 0.131. The van der Waals surface area contributed by atoms with Crippen LogP contribution in [0.15, 0.2) is 54.6 Å². The number of alkyl halides is 2. The third-order valence-electron chi connectivity index (χ3n) is 4.51. The average molecular weight is 532 g/mol. The fraction of sp³-hybridized carbons (Fsp3) is 0.409. The van der Waals surface area contributed by atoms with E-state index < -0.39 is 24.2 Å². The Hall–Kier alpha value is -1.78. The van der Waals surface area contributed by atoms with E-state index in [4.69, 9.17) is 4.74 Å². The number of ether oxygens (including phenoxy) is 1. The van der Waals surface area contributed by atoms with Crippen molar-refractivity contribution in [1.29, 1.82) is 0 Å². The number of aliphatic hydroxyl groups is 1. The van der Waals surface area contributed by atoms with Crippen molar-refractivity contribution in [1.82, 2.24) is 10.6 Å². The normalized spacial score (nSPS) is 13.5. The molecule has 164 valence electrons. The number of halogens is 3. The van der Waals surface area contributed by atoms with Gasteiger partial charge in [0.2, 0.25) is 0 Å². The second kappa shape index (κ2) is 12.2. The Bertz CT molecular complexity index is 793. The second-order valence-electron chi connectivity index (χ2n) is 6.93. The summed E-state index contributed by atoms with van der Waals surface area (Å²) in [6, 6.07) is 13.0. The molecular formula is C22H27F2IN2O3. The number of rotatable bonds is 11. The van der Waals surface area contributed by atoms with Gasteiger partial charge < -0.3 is 20.5 Å². The summed E-state index contributed by atoms with van der Waals surface area (Å²) in [4.78, 5) is 12.0. The van der Waals surface area contributed by atoms with Crippen LogP contribution >= 0.6 is 22.6 Å². The number of hydrogen-bond acceptors (Lipinski definition) is 4. The summed E-state index contributed by atoms with van der Waals surface area (Å²) < 4.78 is 36.3. The van der Waals surface area contributed by atoms with Gasteiger partial charge in [0.05, 0.1) is 12.7 Å². The van der Waals surface area contributed by atoms with Crippen LogP contribution in [0.25, 0.3) is 0 Å². The van der Waals surface area contributed by atoms with E-state index in [1.807, 2.05) is 31.2 Å². The topological polar surface area (TPSA) is 70.6 Å². The maximum Gasteiger partial charge on any atom is 0.407 e. The number of alkyl carbamates (subject to hydrolysis) is 1. The summed E-state index contributed by atoms with van der Waals surface area (Å²) >= 11 is 2.19. The first-order valence-corrected chi connectivity index (χ1v) is 10.9. The van der Waals surface area contributed by atoms with E-state index in [9.17, 15) is 9.90 Å². The number of nitrogens with one attached hydrogen (secondary N) is 2. The number of benzene rings is 2. The fourth-order valence-electron chi connectivity index (χ4n) is 2.88. The molecule has 2 rings (SSSR count). The molecule has 0 bridgehead atoms. The zero-order valence-electron chi connectivity index (χ0n) is 16.8. The van der Waals surface area contributed by atoms with Gasteiger partial charge in [0.15, 0.2) is 0 Å². The predicted molar refractivity (Wildman–Crippen MR) is 120 cm³/mol. The number of aliphatic hydroxyl groups excluding tert-OH is 1. The van der Waals surface area contributed by atoms with Gasteiger partial charge in [-0.25, -0.2) is 4.79 Å². The molecule has 0 unspecified atom stereocenters. The molecule has 3 N–H and O–H groups in total. The molecule has 2 aromatic carbocycles. The van der Waals surface area contributed by atoms with E-state index in [2.05, 4.69) is 33.2 Å². The molecule has 0 saturated heterocycles. The predicted octanol–water partition coefficient (Wildman–Crippen LogP) is 4.43. The first-order chi connectivity index (χ1) is 14.3. The molecule has 0 spiro atoms. The Morgan fingerprint density at radius 1 is 1.20 bits per heavy atom. The maximum absolute atomic E-state index is 15.2. The van der Waals surface area contributed by atoms with Crippen LogP contribution in [-0.2, 0) is 17.2 Å². The minimum Gasteiger partial charge on any atom is -0.450 e. The van der Waals surface area contributed by atoms with Gasteiger partial charge in [-0.05, 0) is 46.7 Å². The summed E-state index contributed by atoms with van der Waals surface area (Å²) in [5.41, 5.74) is 0.674. The number of carbonyl (C=O) groups excluding carboxylic acids is 1. The van der Waals surface area contributed by atoms with Gasteiger partial charge in [0, 0.05) is 22.2 Å². The number of amides is 1. The van der Waals surface area contributed by atoms with Crippen LogP contribution in [0.5, 0.6) is 0 Å². The number of carbonyl (C=O) groups is 1. The quantitative estimate of drug-likeness (QED) is 0.296. The molecule has 8 heteroatoms. The van der Waals surface area contributed by atoms with Gasteiger partial charge in [-0.3, -0.25) is 0 Å². The number of unbranched alkanes of at least 4 members (excludes halogenated alkanes) is 1. The van der Waals surface area contributed by atoms with Gasteiger partial charge in [0.25, 0.3) is 5.92 Å². The van der Waals surface area contributed by atoms with Crippen molar-refractivity contribution in [3.05, 3.63) is 69.3 Å². The standard InChI is InChI=1S/C22H27F2IN2O3/c1-2-3-12-30-21(29)27-20(22(23,24)17-9-5-4-6-10-17)19(28)15-26-14-16-8-7-11-18(25)13-16/h4-11,13,19-20,26,28H,2-3,12,14-15H2,1H3,(H,27,29)/t19-,20-/m1/s1. The Morgan fingerprint density at radius 3 is 2.60 bits per heavy atom. The van der Waals surface area contributed by atoms with Crippen LogP contribution in [0.3, 0.4) is 0 Å². The molecule has 2 aromatic rings. The van der Waals surface area contributed by atoms with Crippen LogP contribution in [0.1, 0.15) is 30.9 Å². The molecule has 0 heterocycles. The lowest BCUT2D eigenvalue weighted by Gasteiger charge is -2.31. The molecule has 0 radical (unpaired) electrons. The molecule has 5 nitrogen and oxygen atoms in total. The summed E-state index contributed by atoms with van der Waals surface area (Å²) in [6.45, 7) is 2.33. The highest BCUT2D eigenvalue weighted by molar-refractivity contribution is 14.1. The van der Waals surface area contributed by atoms with Crippen LogP contribution in [-0.4, -0.2) is 36.5 Å². The van der Waals surface area contributed by atoms with E-state index in [-0.39, 0.29) is 18.7 Å². The van der Waals surface area contributed by atoms with Crippen LogP contribution in [0, 0.1) is 3.57 Å². The van der Waals surface area contributed by atoms with E-state index in [0.717, 1.165) is 15.6 Å². The molecule has 0 aliphatic rings. The zero-order chi connectivity index (χ0) is 22.0. The van der Waals surface area contributed by atoms with Gasteiger partial charge in [-0.15, -0.1) is 0 Å². The van der Waals surface area contributed by atoms with E-state index in [1.165, 1.54) is 24.3 Å². The zero-order valence-corrected chi connectivity index (χ0v) is 18.9. The van der Waals surface area contributed by atoms with Crippen molar-refractivity contribution in [2.24, 2.45) is 0 Å². The molecule has 0 aromatic heterocycles. The monoisotopic (exact) mass is 532 g/mol. The Kier molecular flexibility index (Phi) is 9.93. The third kappa shape index (κ3) is 7.48. The summed E-state index contributed by atoms with van der Waals surface area (Å²) in [5.74, 6) is -3.49. The van der Waals surface area contributed by atoms with Crippen molar-refractivity contribution in [2.75, 3.05) is 13.2 Å². The third-order valence-corrected chi connectivity index (χ3v) is 5.18. The highest BCUT2D eigenvalue weighted by Crippen LogP contribution is 2.33.